The van der Waals surface area contributed by atoms with Crippen molar-refractivity contribution in [2.24, 2.45) is 0 Å². The lowest BCUT2D eigenvalue weighted by Crippen LogP contribution is -1.94. The average molecular weight is 214 g/mol. The molecule has 80 valence electrons. The van der Waals surface area contributed by atoms with Crippen LogP contribution in [0.1, 0.15) is 5.56 Å². The van der Waals surface area contributed by atoms with E-state index >= 15 is 0 Å². The zero-order valence-electron chi connectivity index (χ0n) is 9.02. The standard InChI is InChI=1S/C12H10N2O2/c1-15-11-6-9-4-3-8(7-13)5-10(9)14-12(11)16-2/h3-6H,1-2H3. The van der Waals surface area contributed by atoms with E-state index in [-0.39, 0.29) is 0 Å². The largest absolute Gasteiger partial charge is 0.491 e. The normalized spacial score (nSPS) is 9.81. The van der Waals surface area contributed by atoms with Crippen molar-refractivity contribution >= 4 is 10.9 Å². The fourth-order valence-corrected chi connectivity index (χ4v) is 1.49. The van der Waals surface area contributed by atoms with Crippen molar-refractivity contribution in [3.63, 3.8) is 0 Å². The number of fused-ring (bicyclic) bond motifs is 1. The van der Waals surface area contributed by atoms with Crippen LogP contribution in [-0.2, 0) is 0 Å². The summed E-state index contributed by atoms with van der Waals surface area (Å²) >= 11 is 0. The smallest absolute Gasteiger partial charge is 0.257 e. The summed E-state index contributed by atoms with van der Waals surface area (Å²) in [6, 6.07) is 9.21. The number of aromatic nitrogens is 1. The molecule has 1 aromatic heterocycles. The summed E-state index contributed by atoms with van der Waals surface area (Å²) in [6.07, 6.45) is 0. The van der Waals surface area contributed by atoms with Crippen LogP contribution in [-0.4, -0.2) is 19.2 Å². The molecular weight excluding hydrogens is 204 g/mol. The lowest BCUT2D eigenvalue weighted by atomic mass is 10.1. The lowest BCUT2D eigenvalue weighted by molar-refractivity contribution is 0.345. The predicted octanol–water partition coefficient (Wildman–Crippen LogP) is 2.12. The topological polar surface area (TPSA) is 55.1 Å². The Hall–Kier alpha value is -2.28. The van der Waals surface area contributed by atoms with Crippen molar-refractivity contribution in [2.45, 2.75) is 0 Å². The van der Waals surface area contributed by atoms with Crippen LogP contribution in [0.5, 0.6) is 11.6 Å². The monoisotopic (exact) mass is 214 g/mol. The van der Waals surface area contributed by atoms with Crippen molar-refractivity contribution in [3.05, 3.63) is 29.8 Å². The third kappa shape index (κ3) is 1.63. The number of hydrogen-bond acceptors (Lipinski definition) is 4. The second-order valence-corrected chi connectivity index (χ2v) is 3.22. The molecule has 0 saturated heterocycles. The Morgan fingerprint density at radius 3 is 2.62 bits per heavy atom. The molecule has 16 heavy (non-hydrogen) atoms. The third-order valence-corrected chi connectivity index (χ3v) is 2.29. The van der Waals surface area contributed by atoms with Crippen molar-refractivity contribution in [1.82, 2.24) is 4.98 Å². The maximum absolute atomic E-state index is 8.79. The van der Waals surface area contributed by atoms with Gasteiger partial charge in [0.05, 0.1) is 31.4 Å². The van der Waals surface area contributed by atoms with E-state index in [0.29, 0.717) is 17.2 Å². The first-order chi connectivity index (χ1) is 7.78. The second kappa shape index (κ2) is 4.07. The summed E-state index contributed by atoms with van der Waals surface area (Å²) in [7, 11) is 3.10. The van der Waals surface area contributed by atoms with Gasteiger partial charge < -0.3 is 9.47 Å². The molecule has 0 N–H and O–H groups in total. The molecule has 2 aromatic rings. The maximum atomic E-state index is 8.79. The zero-order chi connectivity index (χ0) is 11.5. The van der Waals surface area contributed by atoms with Gasteiger partial charge in [-0.05, 0) is 18.2 Å². The van der Waals surface area contributed by atoms with E-state index in [9.17, 15) is 0 Å². The molecule has 0 aliphatic carbocycles. The van der Waals surface area contributed by atoms with Gasteiger partial charge in [0, 0.05) is 5.39 Å². The van der Waals surface area contributed by atoms with Crippen LogP contribution in [0.4, 0.5) is 0 Å². The molecule has 1 heterocycles. The highest BCUT2D eigenvalue weighted by Crippen LogP contribution is 2.28. The summed E-state index contributed by atoms with van der Waals surface area (Å²) in [5.74, 6) is 1.00. The Kier molecular flexibility index (Phi) is 2.61. The fourth-order valence-electron chi connectivity index (χ4n) is 1.49. The summed E-state index contributed by atoms with van der Waals surface area (Å²) in [5.41, 5.74) is 1.30. The van der Waals surface area contributed by atoms with Gasteiger partial charge in [0.15, 0.2) is 5.75 Å². The fraction of sp³-hybridized carbons (Fsp3) is 0.167. The molecular formula is C12H10N2O2. The predicted molar refractivity (Wildman–Crippen MR) is 59.6 cm³/mol. The summed E-state index contributed by atoms with van der Waals surface area (Å²) in [6.45, 7) is 0. The van der Waals surface area contributed by atoms with Gasteiger partial charge in [-0.3, -0.25) is 0 Å². The first kappa shape index (κ1) is 10.2. The Balaban J connectivity index is 2.69. The van der Waals surface area contributed by atoms with E-state index in [4.69, 9.17) is 14.7 Å². The Morgan fingerprint density at radius 1 is 1.19 bits per heavy atom. The second-order valence-electron chi connectivity index (χ2n) is 3.22. The molecule has 0 aliphatic rings. The summed E-state index contributed by atoms with van der Waals surface area (Å²) < 4.78 is 10.2. The van der Waals surface area contributed by atoms with Gasteiger partial charge in [0.1, 0.15) is 0 Å². The quantitative estimate of drug-likeness (QED) is 0.768. The van der Waals surface area contributed by atoms with Crippen LogP contribution in [0.3, 0.4) is 0 Å². The van der Waals surface area contributed by atoms with Crippen molar-refractivity contribution in [3.8, 4) is 17.7 Å². The first-order valence-corrected chi connectivity index (χ1v) is 4.71. The number of rotatable bonds is 2. The number of nitriles is 1. The molecule has 4 nitrogen and oxygen atoms in total. The zero-order valence-corrected chi connectivity index (χ0v) is 9.02. The highest BCUT2D eigenvalue weighted by atomic mass is 16.5. The van der Waals surface area contributed by atoms with Crippen molar-refractivity contribution < 1.29 is 9.47 Å². The van der Waals surface area contributed by atoms with E-state index in [1.807, 2.05) is 12.1 Å². The van der Waals surface area contributed by atoms with E-state index in [1.165, 1.54) is 7.11 Å². The van der Waals surface area contributed by atoms with E-state index in [2.05, 4.69) is 11.1 Å². The van der Waals surface area contributed by atoms with Gasteiger partial charge in [0.25, 0.3) is 5.88 Å². The number of benzene rings is 1. The molecule has 0 spiro atoms. The van der Waals surface area contributed by atoms with Crippen LogP contribution in [0.25, 0.3) is 10.9 Å². The van der Waals surface area contributed by atoms with Gasteiger partial charge in [-0.25, -0.2) is 4.98 Å². The molecule has 0 fully saturated rings. The molecule has 0 amide bonds. The van der Waals surface area contributed by atoms with Crippen molar-refractivity contribution in [1.29, 1.82) is 5.26 Å². The molecule has 0 atom stereocenters. The van der Waals surface area contributed by atoms with Gasteiger partial charge >= 0.3 is 0 Å². The van der Waals surface area contributed by atoms with Gasteiger partial charge in [-0.2, -0.15) is 5.26 Å². The number of nitrogens with zero attached hydrogens (tertiary/aromatic N) is 2. The molecule has 4 heteroatoms. The third-order valence-electron chi connectivity index (χ3n) is 2.29. The van der Waals surface area contributed by atoms with Crippen LogP contribution in [0.2, 0.25) is 0 Å². The molecule has 0 bridgehead atoms. The molecule has 1 aromatic carbocycles. The van der Waals surface area contributed by atoms with E-state index in [1.54, 1.807) is 19.2 Å². The first-order valence-electron chi connectivity index (χ1n) is 4.71. The summed E-state index contributed by atoms with van der Waals surface area (Å²) in [4.78, 5) is 4.27. The van der Waals surface area contributed by atoms with E-state index < -0.39 is 0 Å². The van der Waals surface area contributed by atoms with Crippen LogP contribution >= 0.6 is 0 Å². The molecule has 0 unspecified atom stereocenters. The Morgan fingerprint density at radius 2 is 2.00 bits per heavy atom. The number of pyridine rings is 1. The minimum atomic E-state index is 0.421. The van der Waals surface area contributed by atoms with Crippen LogP contribution < -0.4 is 9.47 Å². The number of ether oxygens (including phenoxy) is 2. The molecule has 0 aliphatic heterocycles. The van der Waals surface area contributed by atoms with Crippen molar-refractivity contribution in [2.75, 3.05) is 14.2 Å². The lowest BCUT2D eigenvalue weighted by Gasteiger charge is -2.07. The molecule has 2 rings (SSSR count). The maximum Gasteiger partial charge on any atom is 0.257 e. The number of hydrogen-bond donors (Lipinski definition) is 0. The van der Waals surface area contributed by atoms with Gasteiger partial charge in [-0.15, -0.1) is 0 Å². The Bertz CT molecular complexity index is 573. The molecule has 0 saturated carbocycles. The summed E-state index contributed by atoms with van der Waals surface area (Å²) in [5, 5.41) is 9.70. The SMILES string of the molecule is COc1cc2ccc(C#N)cc2nc1OC. The van der Waals surface area contributed by atoms with Crippen LogP contribution in [0.15, 0.2) is 24.3 Å². The minimum Gasteiger partial charge on any atom is -0.491 e. The highest BCUT2D eigenvalue weighted by Gasteiger charge is 2.07. The number of methoxy groups -OCH3 is 2. The minimum absolute atomic E-state index is 0.421. The highest BCUT2D eigenvalue weighted by molar-refractivity contribution is 5.82. The van der Waals surface area contributed by atoms with Gasteiger partial charge in [0.2, 0.25) is 0 Å². The molecule has 0 radical (unpaired) electrons. The van der Waals surface area contributed by atoms with Crippen LogP contribution in [0, 0.1) is 11.3 Å². The Labute approximate surface area is 93.0 Å². The average Bonchev–Trinajstić information content (AvgIpc) is 2.36. The van der Waals surface area contributed by atoms with E-state index in [0.717, 1.165) is 10.9 Å². The van der Waals surface area contributed by atoms with Gasteiger partial charge in [-0.1, -0.05) is 6.07 Å².